The standard InChI is InChI=1S/C24H16FN2O.C21H22GeN.Ir/c1-14-13-26-21(12-19(14)16-6-4-3-5-7-16)17-10-11-20(25)22-18-9-8-15(2)27-24(18)28-23(17)22;1-22(2,3)20-16-23-21(18-12-8-5-9-13-18)15-19(20)14-17-10-6-4-7-11-17;/h3-9,11-13H,1-2H3;4-12,15-16H,14H2,1-3H3;/q2*-1;. The van der Waals surface area contributed by atoms with Gasteiger partial charge in [-0.1, -0.05) is 42.0 Å². The van der Waals surface area contributed by atoms with E-state index in [4.69, 9.17) is 9.40 Å². The van der Waals surface area contributed by atoms with Crippen molar-refractivity contribution in [2.24, 2.45) is 0 Å². The van der Waals surface area contributed by atoms with E-state index in [9.17, 15) is 4.39 Å². The molecule has 0 aliphatic heterocycles. The van der Waals surface area contributed by atoms with Gasteiger partial charge in [-0.05, 0) is 53.8 Å². The second kappa shape index (κ2) is 15.9. The first-order chi connectivity index (χ1) is 24.7. The molecule has 4 aromatic heterocycles. The van der Waals surface area contributed by atoms with Gasteiger partial charge in [-0.2, -0.15) is 0 Å². The van der Waals surface area contributed by atoms with Crippen molar-refractivity contribution in [2.75, 3.05) is 0 Å². The fourth-order valence-electron chi connectivity index (χ4n) is 6.37. The predicted molar refractivity (Wildman–Crippen MR) is 209 cm³/mol. The van der Waals surface area contributed by atoms with Gasteiger partial charge < -0.3 is 9.40 Å². The van der Waals surface area contributed by atoms with Crippen LogP contribution >= 0.6 is 0 Å². The van der Waals surface area contributed by atoms with Gasteiger partial charge in [-0.25, -0.2) is 4.98 Å². The summed E-state index contributed by atoms with van der Waals surface area (Å²) in [5, 5.41) is 1.07. The molecule has 261 valence electrons. The zero-order valence-electron chi connectivity index (χ0n) is 29.8. The molecule has 4 nitrogen and oxygen atoms in total. The number of aryl methyl sites for hydroxylation is 2. The van der Waals surface area contributed by atoms with Crippen LogP contribution in [0.3, 0.4) is 0 Å². The molecule has 0 N–H and O–H groups in total. The molecule has 0 bridgehead atoms. The SMILES string of the molecule is Cc1ccc2c(n1)oc1c(-c3cc(-c4ccccc4)c(C)cn3)[c-]cc(F)c12.[CH3][Ge]([CH3])([CH3])[c]1cnc(-c2[c-]cccc2)cc1Cc1ccccc1.[Ir]. The van der Waals surface area contributed by atoms with E-state index >= 15 is 0 Å². The molecule has 0 aliphatic rings. The first kappa shape index (κ1) is 37.0. The molecule has 8 rings (SSSR count). The molecular formula is C45H38FGeIrN3O-2. The van der Waals surface area contributed by atoms with E-state index in [-0.39, 0.29) is 25.9 Å². The zero-order valence-corrected chi connectivity index (χ0v) is 34.3. The average molecular weight is 921 g/mol. The number of benzene rings is 4. The number of furan rings is 1. The van der Waals surface area contributed by atoms with Crippen molar-refractivity contribution in [3.8, 4) is 33.6 Å². The number of aromatic nitrogens is 3. The number of rotatable bonds is 6. The molecule has 1 radical (unpaired) electrons. The fraction of sp³-hybridized carbons (Fsp3) is 0.133. The molecular weight excluding hydrogens is 882 g/mol. The molecule has 0 unspecified atom stereocenters. The Bertz CT molecular complexity index is 2460. The van der Waals surface area contributed by atoms with Crippen molar-refractivity contribution in [3.63, 3.8) is 0 Å². The summed E-state index contributed by atoms with van der Waals surface area (Å²) in [5.41, 5.74) is 11.1. The van der Waals surface area contributed by atoms with Crippen molar-refractivity contribution < 1.29 is 28.9 Å². The van der Waals surface area contributed by atoms with Gasteiger partial charge in [-0.15, -0.1) is 12.1 Å². The summed E-state index contributed by atoms with van der Waals surface area (Å²) in [6, 6.07) is 44.5. The molecule has 4 heterocycles. The van der Waals surface area contributed by atoms with Crippen LogP contribution in [0, 0.1) is 31.8 Å². The minimum Gasteiger partial charge on any atom is 0 e. The number of hydrogen-bond donors (Lipinski definition) is 0. The second-order valence-corrected chi connectivity index (χ2v) is 24.4. The minimum absolute atomic E-state index is 0. The molecule has 8 aromatic rings. The quantitative estimate of drug-likeness (QED) is 0.123. The van der Waals surface area contributed by atoms with Crippen LogP contribution in [-0.2, 0) is 26.5 Å². The number of halogens is 1. The van der Waals surface area contributed by atoms with Crippen LogP contribution in [0.25, 0.3) is 55.7 Å². The molecule has 0 atom stereocenters. The van der Waals surface area contributed by atoms with Crippen molar-refractivity contribution in [2.45, 2.75) is 37.5 Å². The van der Waals surface area contributed by atoms with E-state index in [2.05, 4.69) is 100 Å². The van der Waals surface area contributed by atoms with E-state index in [1.54, 1.807) is 0 Å². The van der Waals surface area contributed by atoms with Gasteiger partial charge in [0, 0.05) is 43.2 Å². The predicted octanol–water partition coefficient (Wildman–Crippen LogP) is 10.9. The maximum Gasteiger partial charge on any atom is 0 e. The summed E-state index contributed by atoms with van der Waals surface area (Å²) in [6.07, 6.45) is 4.92. The maximum atomic E-state index is 14.6. The summed E-state index contributed by atoms with van der Waals surface area (Å²) >= 11 is -1.96. The smallest absolute Gasteiger partial charge is 0 e. The topological polar surface area (TPSA) is 51.8 Å². The van der Waals surface area contributed by atoms with Crippen LogP contribution in [0.5, 0.6) is 0 Å². The molecule has 0 fully saturated rings. The number of hydrogen-bond acceptors (Lipinski definition) is 4. The van der Waals surface area contributed by atoms with E-state index in [1.807, 2.05) is 74.6 Å². The van der Waals surface area contributed by atoms with Gasteiger partial charge in [0.05, 0.1) is 5.58 Å². The molecule has 52 heavy (non-hydrogen) atoms. The normalized spacial score (nSPS) is 11.2. The molecule has 0 aliphatic carbocycles. The molecule has 0 amide bonds. The van der Waals surface area contributed by atoms with Crippen LogP contribution in [-0.4, -0.2) is 28.2 Å². The van der Waals surface area contributed by atoms with Crippen molar-refractivity contribution >= 4 is 39.7 Å². The zero-order chi connectivity index (χ0) is 35.5. The van der Waals surface area contributed by atoms with E-state index in [1.165, 1.54) is 21.6 Å². The van der Waals surface area contributed by atoms with E-state index in [0.717, 1.165) is 40.1 Å². The first-order valence-corrected chi connectivity index (χ1v) is 24.4. The van der Waals surface area contributed by atoms with Crippen LogP contribution in [0.2, 0.25) is 17.3 Å². The number of nitrogens with zero attached hydrogens (tertiary/aromatic N) is 3. The van der Waals surface area contributed by atoms with Gasteiger partial charge in [0.15, 0.2) is 0 Å². The third kappa shape index (κ3) is 8.00. The monoisotopic (exact) mass is 922 g/mol. The second-order valence-electron chi connectivity index (χ2n) is 13.8. The Morgan fingerprint density at radius 2 is 1.48 bits per heavy atom. The largest absolute Gasteiger partial charge is 0 e. The van der Waals surface area contributed by atoms with Gasteiger partial charge >= 0.3 is 142 Å². The molecule has 0 spiro atoms. The first-order valence-electron chi connectivity index (χ1n) is 17.1. The summed E-state index contributed by atoms with van der Waals surface area (Å²) in [4.78, 5) is 13.7. The molecule has 7 heteroatoms. The van der Waals surface area contributed by atoms with E-state index in [0.29, 0.717) is 33.3 Å². The van der Waals surface area contributed by atoms with Gasteiger partial charge in [0.2, 0.25) is 5.71 Å². The third-order valence-corrected chi connectivity index (χ3v) is 13.3. The molecule has 4 aromatic carbocycles. The Hall–Kier alpha value is -4.75. The minimum atomic E-state index is -1.96. The average Bonchev–Trinajstić information content (AvgIpc) is 3.52. The Kier molecular flexibility index (Phi) is 11.3. The van der Waals surface area contributed by atoms with Crippen LogP contribution in [0.15, 0.2) is 132 Å². The van der Waals surface area contributed by atoms with Crippen molar-refractivity contribution in [1.29, 1.82) is 0 Å². The molecule has 0 saturated heterocycles. The summed E-state index contributed by atoms with van der Waals surface area (Å²) in [5.74, 6) is 6.91. The summed E-state index contributed by atoms with van der Waals surface area (Å²) in [6.45, 7) is 3.90. The molecule has 0 saturated carbocycles. The van der Waals surface area contributed by atoms with Gasteiger partial charge in [0.1, 0.15) is 0 Å². The summed E-state index contributed by atoms with van der Waals surface area (Å²) in [7, 11) is 0. The summed E-state index contributed by atoms with van der Waals surface area (Å²) < 4.78 is 22.1. The Morgan fingerprint density at radius 1 is 0.769 bits per heavy atom. The van der Waals surface area contributed by atoms with Gasteiger partial charge in [0.25, 0.3) is 0 Å². The number of pyridine rings is 3. The van der Waals surface area contributed by atoms with Crippen LogP contribution in [0.4, 0.5) is 4.39 Å². The third-order valence-electron chi connectivity index (χ3n) is 8.97. The number of fused-ring (bicyclic) bond motifs is 3. The van der Waals surface area contributed by atoms with E-state index < -0.39 is 13.3 Å². The Balaban J connectivity index is 0.000000179. The van der Waals surface area contributed by atoms with Crippen molar-refractivity contribution in [3.05, 3.63) is 168 Å². The Morgan fingerprint density at radius 3 is 2.19 bits per heavy atom. The fourth-order valence-corrected chi connectivity index (χ4v) is 9.68. The van der Waals surface area contributed by atoms with Crippen molar-refractivity contribution in [1.82, 2.24) is 15.0 Å². The maximum absolute atomic E-state index is 14.6. The van der Waals surface area contributed by atoms with Gasteiger partial charge in [-0.3, -0.25) is 4.39 Å². The Labute approximate surface area is 320 Å². The van der Waals surface area contributed by atoms with Crippen LogP contribution < -0.4 is 4.40 Å². The van der Waals surface area contributed by atoms with Crippen LogP contribution in [0.1, 0.15) is 22.4 Å².